The van der Waals surface area contributed by atoms with E-state index in [-0.39, 0.29) is 5.91 Å². The van der Waals surface area contributed by atoms with Crippen LogP contribution in [0.5, 0.6) is 0 Å². The van der Waals surface area contributed by atoms with Crippen LogP contribution in [0.3, 0.4) is 0 Å². The molecule has 0 spiro atoms. The van der Waals surface area contributed by atoms with Crippen LogP contribution in [-0.2, 0) is 11.2 Å². The summed E-state index contributed by atoms with van der Waals surface area (Å²) in [6.45, 7) is 0. The number of H-pyrrole nitrogens is 1. The van der Waals surface area contributed by atoms with E-state index >= 15 is 0 Å². The topological polar surface area (TPSA) is 57.8 Å². The quantitative estimate of drug-likeness (QED) is 0.752. The van der Waals surface area contributed by atoms with Gasteiger partial charge in [0.15, 0.2) is 0 Å². The summed E-state index contributed by atoms with van der Waals surface area (Å²) in [6, 6.07) is 13.5. The number of hydrogen-bond acceptors (Lipinski definition) is 2. The maximum Gasteiger partial charge on any atom is 0.228 e. The summed E-state index contributed by atoms with van der Waals surface area (Å²) in [7, 11) is 0. The van der Waals surface area contributed by atoms with Gasteiger partial charge in [0, 0.05) is 11.6 Å². The first-order chi connectivity index (χ1) is 9.31. The lowest BCUT2D eigenvalue weighted by Gasteiger charge is -2.05. The molecule has 0 aliphatic heterocycles. The molecule has 2 heterocycles. The number of pyridine rings is 1. The molecule has 0 aliphatic rings. The Balaban J connectivity index is 1.72. The number of hydrogen-bond donors (Lipinski definition) is 2. The van der Waals surface area contributed by atoms with Crippen LogP contribution in [-0.4, -0.2) is 15.9 Å². The van der Waals surface area contributed by atoms with Gasteiger partial charge in [0.1, 0.15) is 5.65 Å². The third-order valence-corrected chi connectivity index (χ3v) is 2.89. The maximum absolute atomic E-state index is 11.9. The molecule has 1 amide bonds. The first-order valence-corrected chi connectivity index (χ1v) is 6.08. The zero-order valence-electron chi connectivity index (χ0n) is 10.3. The Hall–Kier alpha value is -2.62. The van der Waals surface area contributed by atoms with Gasteiger partial charge in [-0.25, -0.2) is 4.98 Å². The van der Waals surface area contributed by atoms with Crippen molar-refractivity contribution >= 4 is 22.6 Å². The number of nitrogens with zero attached hydrogens (tertiary/aromatic N) is 1. The van der Waals surface area contributed by atoms with Crippen molar-refractivity contribution in [2.24, 2.45) is 0 Å². The Kier molecular flexibility index (Phi) is 2.98. The Morgan fingerprint density at radius 3 is 2.89 bits per heavy atom. The number of amides is 1. The van der Waals surface area contributed by atoms with Gasteiger partial charge in [-0.3, -0.25) is 4.79 Å². The summed E-state index contributed by atoms with van der Waals surface area (Å²) in [5.41, 5.74) is 2.53. The molecule has 94 valence electrons. The fraction of sp³-hybridized carbons (Fsp3) is 0.0667. The van der Waals surface area contributed by atoms with Gasteiger partial charge in [-0.1, -0.05) is 30.3 Å². The second kappa shape index (κ2) is 4.94. The van der Waals surface area contributed by atoms with E-state index in [1.54, 1.807) is 6.20 Å². The van der Waals surface area contributed by atoms with Crippen molar-refractivity contribution in [2.75, 3.05) is 5.32 Å². The van der Waals surface area contributed by atoms with E-state index < -0.39 is 0 Å². The van der Waals surface area contributed by atoms with Gasteiger partial charge in [0.25, 0.3) is 0 Å². The Bertz CT molecular complexity index is 703. The SMILES string of the molecule is O=C(Cc1ccccc1)Nc1cnc2[nH]ccc2c1. The highest BCUT2D eigenvalue weighted by Gasteiger charge is 2.05. The molecule has 0 saturated carbocycles. The summed E-state index contributed by atoms with van der Waals surface area (Å²) in [4.78, 5) is 19.2. The third kappa shape index (κ3) is 2.63. The van der Waals surface area contributed by atoms with Crippen molar-refractivity contribution in [3.63, 3.8) is 0 Å². The number of fused-ring (bicyclic) bond motifs is 1. The van der Waals surface area contributed by atoms with E-state index in [0.29, 0.717) is 12.1 Å². The van der Waals surface area contributed by atoms with Crippen LogP contribution in [0.2, 0.25) is 0 Å². The molecule has 4 nitrogen and oxygen atoms in total. The van der Waals surface area contributed by atoms with Crippen LogP contribution in [0, 0.1) is 0 Å². The highest BCUT2D eigenvalue weighted by atomic mass is 16.1. The molecule has 1 aromatic carbocycles. The second-order valence-corrected chi connectivity index (χ2v) is 4.35. The van der Waals surface area contributed by atoms with Crippen molar-refractivity contribution in [2.45, 2.75) is 6.42 Å². The van der Waals surface area contributed by atoms with Gasteiger partial charge in [0.05, 0.1) is 18.3 Å². The monoisotopic (exact) mass is 251 g/mol. The van der Waals surface area contributed by atoms with Gasteiger partial charge in [0.2, 0.25) is 5.91 Å². The zero-order valence-corrected chi connectivity index (χ0v) is 10.3. The number of nitrogens with one attached hydrogen (secondary N) is 2. The Morgan fingerprint density at radius 2 is 2.05 bits per heavy atom. The molecule has 2 aromatic heterocycles. The molecule has 0 unspecified atom stereocenters. The summed E-state index contributed by atoms with van der Waals surface area (Å²) in [6.07, 6.45) is 3.85. The summed E-state index contributed by atoms with van der Waals surface area (Å²) in [5.74, 6) is -0.0390. The summed E-state index contributed by atoms with van der Waals surface area (Å²) >= 11 is 0. The van der Waals surface area contributed by atoms with Crippen molar-refractivity contribution in [3.8, 4) is 0 Å². The normalized spacial score (nSPS) is 10.5. The van der Waals surface area contributed by atoms with Crippen LogP contribution in [0.15, 0.2) is 54.9 Å². The van der Waals surface area contributed by atoms with Gasteiger partial charge >= 0.3 is 0 Å². The molecule has 0 bridgehead atoms. The standard InChI is InChI=1S/C15H13N3O/c19-14(8-11-4-2-1-3-5-11)18-13-9-12-6-7-16-15(12)17-10-13/h1-7,9-10H,8H2,(H,16,17)(H,18,19). The largest absolute Gasteiger partial charge is 0.346 e. The van der Waals surface area contributed by atoms with Crippen molar-refractivity contribution in [1.82, 2.24) is 9.97 Å². The van der Waals surface area contributed by atoms with Crippen LogP contribution < -0.4 is 5.32 Å². The molecule has 0 fully saturated rings. The summed E-state index contributed by atoms with van der Waals surface area (Å²) in [5, 5.41) is 3.84. The number of benzene rings is 1. The minimum absolute atomic E-state index is 0.0390. The number of aromatic amines is 1. The van der Waals surface area contributed by atoms with E-state index in [9.17, 15) is 4.79 Å². The van der Waals surface area contributed by atoms with Crippen LogP contribution in [0.1, 0.15) is 5.56 Å². The minimum atomic E-state index is -0.0390. The highest BCUT2D eigenvalue weighted by Crippen LogP contribution is 2.15. The van der Waals surface area contributed by atoms with E-state index in [0.717, 1.165) is 16.6 Å². The van der Waals surface area contributed by atoms with Crippen LogP contribution in [0.4, 0.5) is 5.69 Å². The molecular formula is C15H13N3O. The highest BCUT2D eigenvalue weighted by molar-refractivity contribution is 5.93. The lowest BCUT2D eigenvalue weighted by molar-refractivity contribution is -0.115. The molecule has 2 N–H and O–H groups in total. The number of rotatable bonds is 3. The van der Waals surface area contributed by atoms with E-state index in [4.69, 9.17) is 0 Å². The lowest BCUT2D eigenvalue weighted by atomic mass is 10.1. The van der Waals surface area contributed by atoms with Crippen molar-refractivity contribution < 1.29 is 4.79 Å². The Morgan fingerprint density at radius 1 is 1.21 bits per heavy atom. The molecule has 4 heteroatoms. The lowest BCUT2D eigenvalue weighted by Crippen LogP contribution is -2.14. The fourth-order valence-corrected chi connectivity index (χ4v) is 1.99. The van der Waals surface area contributed by atoms with Gasteiger partial charge in [-0.15, -0.1) is 0 Å². The van der Waals surface area contributed by atoms with E-state index in [2.05, 4.69) is 15.3 Å². The van der Waals surface area contributed by atoms with Crippen molar-refractivity contribution in [1.29, 1.82) is 0 Å². The average Bonchev–Trinajstić information content (AvgIpc) is 2.87. The number of carbonyl (C=O) groups is 1. The maximum atomic E-state index is 11.9. The van der Waals surface area contributed by atoms with Crippen LogP contribution in [0.25, 0.3) is 11.0 Å². The second-order valence-electron chi connectivity index (χ2n) is 4.35. The van der Waals surface area contributed by atoms with E-state index in [1.807, 2.05) is 48.7 Å². The van der Waals surface area contributed by atoms with Gasteiger partial charge in [-0.2, -0.15) is 0 Å². The molecule has 0 aliphatic carbocycles. The van der Waals surface area contributed by atoms with Gasteiger partial charge < -0.3 is 10.3 Å². The molecule has 0 saturated heterocycles. The molecular weight excluding hydrogens is 238 g/mol. The number of aromatic nitrogens is 2. The van der Waals surface area contributed by atoms with Crippen molar-refractivity contribution in [3.05, 3.63) is 60.4 Å². The van der Waals surface area contributed by atoms with Gasteiger partial charge in [-0.05, 0) is 17.7 Å². The predicted molar refractivity (Wildman–Crippen MR) is 74.9 cm³/mol. The molecule has 3 rings (SSSR count). The molecule has 0 radical (unpaired) electrons. The summed E-state index contributed by atoms with van der Waals surface area (Å²) < 4.78 is 0. The first kappa shape index (κ1) is 11.5. The average molecular weight is 251 g/mol. The molecule has 3 aromatic rings. The molecule has 0 atom stereocenters. The number of anilines is 1. The number of carbonyl (C=O) groups excluding carboxylic acids is 1. The third-order valence-electron chi connectivity index (χ3n) is 2.89. The first-order valence-electron chi connectivity index (χ1n) is 6.08. The zero-order chi connectivity index (χ0) is 13.1. The fourth-order valence-electron chi connectivity index (χ4n) is 1.99. The molecule has 19 heavy (non-hydrogen) atoms. The Labute approximate surface area is 110 Å². The van der Waals surface area contributed by atoms with Crippen LogP contribution >= 0.6 is 0 Å². The minimum Gasteiger partial charge on any atom is -0.346 e. The predicted octanol–water partition coefficient (Wildman–Crippen LogP) is 2.74. The smallest absolute Gasteiger partial charge is 0.228 e. The van der Waals surface area contributed by atoms with E-state index in [1.165, 1.54) is 0 Å².